The minimum absolute atomic E-state index is 0.298. The number of benzene rings is 1. The molecule has 0 amide bonds. The fourth-order valence-electron chi connectivity index (χ4n) is 3.02. The molecule has 106 valence electrons. The van der Waals surface area contributed by atoms with Crippen LogP contribution in [0, 0.1) is 0 Å². The van der Waals surface area contributed by atoms with Crippen LogP contribution < -0.4 is 0 Å². The Morgan fingerprint density at radius 3 is 2.55 bits per heavy atom. The summed E-state index contributed by atoms with van der Waals surface area (Å²) >= 11 is 0. The van der Waals surface area contributed by atoms with E-state index in [0.717, 1.165) is 23.9 Å². The van der Waals surface area contributed by atoms with Crippen molar-refractivity contribution in [1.29, 1.82) is 0 Å². The van der Waals surface area contributed by atoms with E-state index in [0.29, 0.717) is 11.6 Å². The number of fused-ring (bicyclic) bond motifs is 1. The van der Waals surface area contributed by atoms with Crippen LogP contribution in [0.2, 0.25) is 0 Å². The second-order valence-corrected chi connectivity index (χ2v) is 5.54. The summed E-state index contributed by atoms with van der Waals surface area (Å²) in [5, 5.41) is 17.5. The molecule has 3 rings (SSSR count). The predicted octanol–water partition coefficient (Wildman–Crippen LogP) is 3.41. The van der Waals surface area contributed by atoms with Gasteiger partial charge in [0, 0.05) is 0 Å². The van der Waals surface area contributed by atoms with E-state index in [1.54, 1.807) is 18.2 Å². The normalized spacial score (nSPS) is 17.8. The molecule has 0 saturated heterocycles. The topological polar surface area (TPSA) is 68.0 Å². The van der Waals surface area contributed by atoms with Crippen molar-refractivity contribution in [3.63, 3.8) is 0 Å². The first kappa shape index (κ1) is 13.1. The van der Waals surface area contributed by atoms with Gasteiger partial charge in [0.1, 0.15) is 5.52 Å². The molecule has 0 spiro atoms. The summed E-state index contributed by atoms with van der Waals surface area (Å²) in [5.74, 6) is -0.905. The third-order valence-electron chi connectivity index (χ3n) is 4.14. The van der Waals surface area contributed by atoms with Crippen LogP contribution in [0.25, 0.3) is 11.0 Å². The summed E-state index contributed by atoms with van der Waals surface area (Å²) in [4.78, 5) is 11.1. The van der Waals surface area contributed by atoms with Gasteiger partial charge in [-0.3, -0.25) is 0 Å². The first-order valence-electron chi connectivity index (χ1n) is 7.34. The maximum Gasteiger partial charge on any atom is 0.335 e. The fourth-order valence-corrected chi connectivity index (χ4v) is 3.02. The van der Waals surface area contributed by atoms with Gasteiger partial charge in [0.2, 0.25) is 0 Å². The number of carboxylic acids is 1. The van der Waals surface area contributed by atoms with Crippen LogP contribution in [0.5, 0.6) is 0 Å². The Morgan fingerprint density at radius 1 is 1.15 bits per heavy atom. The highest BCUT2D eigenvalue weighted by Gasteiger charge is 2.18. The zero-order chi connectivity index (χ0) is 13.9. The molecule has 1 aliphatic carbocycles. The minimum atomic E-state index is -0.905. The highest BCUT2D eigenvalue weighted by atomic mass is 16.4. The van der Waals surface area contributed by atoms with Gasteiger partial charge in [0.25, 0.3) is 0 Å². The van der Waals surface area contributed by atoms with Crippen molar-refractivity contribution in [3.05, 3.63) is 23.8 Å². The van der Waals surface area contributed by atoms with Crippen molar-refractivity contribution in [1.82, 2.24) is 15.0 Å². The first-order chi connectivity index (χ1) is 9.75. The molecular formula is C15H19N3O2. The molecule has 0 aliphatic heterocycles. The highest BCUT2D eigenvalue weighted by Crippen LogP contribution is 2.28. The second kappa shape index (κ2) is 5.61. The summed E-state index contributed by atoms with van der Waals surface area (Å²) in [6.07, 6.45) is 8.53. The van der Waals surface area contributed by atoms with Crippen molar-refractivity contribution >= 4 is 17.0 Å². The van der Waals surface area contributed by atoms with Gasteiger partial charge in [-0.1, -0.05) is 37.3 Å². The molecule has 0 bridgehead atoms. The summed E-state index contributed by atoms with van der Waals surface area (Å²) < 4.78 is 1.94. The lowest BCUT2D eigenvalue weighted by Crippen LogP contribution is -2.12. The predicted molar refractivity (Wildman–Crippen MR) is 75.8 cm³/mol. The molecule has 0 unspecified atom stereocenters. The number of nitrogens with zero attached hydrogens (tertiary/aromatic N) is 3. The standard InChI is InChI=1S/C15H19N3O2/c19-15(20)11-8-9-13-14(10-11)18(17-16-13)12-6-4-2-1-3-5-7-12/h8-10,12H,1-7H2,(H,19,20). The van der Waals surface area contributed by atoms with Crippen LogP contribution >= 0.6 is 0 Å². The van der Waals surface area contributed by atoms with E-state index < -0.39 is 5.97 Å². The zero-order valence-corrected chi connectivity index (χ0v) is 11.5. The number of hydrogen-bond donors (Lipinski definition) is 1. The third kappa shape index (κ3) is 2.53. The average molecular weight is 273 g/mol. The van der Waals surface area contributed by atoms with Gasteiger partial charge in [-0.25, -0.2) is 9.48 Å². The van der Waals surface area contributed by atoms with Crippen LogP contribution in [-0.4, -0.2) is 26.1 Å². The molecule has 1 aliphatic rings. The lowest BCUT2D eigenvalue weighted by Gasteiger charge is -2.20. The minimum Gasteiger partial charge on any atom is -0.478 e. The molecule has 20 heavy (non-hydrogen) atoms. The molecule has 1 fully saturated rings. The highest BCUT2D eigenvalue weighted by molar-refractivity contribution is 5.92. The Bertz CT molecular complexity index is 613. The van der Waals surface area contributed by atoms with E-state index in [2.05, 4.69) is 10.3 Å². The average Bonchev–Trinajstić information content (AvgIpc) is 2.81. The monoisotopic (exact) mass is 273 g/mol. The molecule has 1 heterocycles. The molecule has 5 heteroatoms. The van der Waals surface area contributed by atoms with Gasteiger partial charge in [-0.2, -0.15) is 0 Å². The van der Waals surface area contributed by atoms with Crippen LogP contribution in [0.3, 0.4) is 0 Å². The lowest BCUT2D eigenvalue weighted by molar-refractivity contribution is 0.0697. The first-order valence-corrected chi connectivity index (χ1v) is 7.34. The maximum atomic E-state index is 11.1. The summed E-state index contributed by atoms with van der Waals surface area (Å²) in [5.41, 5.74) is 1.92. The summed E-state index contributed by atoms with van der Waals surface area (Å²) in [7, 11) is 0. The molecule has 1 saturated carbocycles. The van der Waals surface area contributed by atoms with Crippen LogP contribution in [0.4, 0.5) is 0 Å². The van der Waals surface area contributed by atoms with Crippen LogP contribution in [0.15, 0.2) is 18.2 Å². The van der Waals surface area contributed by atoms with Gasteiger partial charge in [0.05, 0.1) is 17.1 Å². The van der Waals surface area contributed by atoms with E-state index in [1.165, 1.54) is 32.1 Å². The smallest absolute Gasteiger partial charge is 0.335 e. The van der Waals surface area contributed by atoms with Crippen molar-refractivity contribution in [3.8, 4) is 0 Å². The molecule has 5 nitrogen and oxygen atoms in total. The third-order valence-corrected chi connectivity index (χ3v) is 4.14. The Balaban J connectivity index is 1.96. The summed E-state index contributed by atoms with van der Waals surface area (Å²) in [6, 6.07) is 5.37. The second-order valence-electron chi connectivity index (χ2n) is 5.54. The Hall–Kier alpha value is -1.91. The number of hydrogen-bond acceptors (Lipinski definition) is 3. The van der Waals surface area contributed by atoms with E-state index >= 15 is 0 Å². The lowest BCUT2D eigenvalue weighted by atomic mass is 9.96. The Kier molecular flexibility index (Phi) is 3.67. The van der Waals surface area contributed by atoms with Crippen molar-refractivity contribution in [2.45, 2.75) is 51.0 Å². The van der Waals surface area contributed by atoms with Gasteiger partial charge >= 0.3 is 5.97 Å². The van der Waals surface area contributed by atoms with Crippen molar-refractivity contribution in [2.75, 3.05) is 0 Å². The molecule has 0 radical (unpaired) electrons. The molecule has 1 N–H and O–H groups in total. The molecule has 1 aromatic heterocycles. The number of carboxylic acid groups (broad SMARTS) is 1. The summed E-state index contributed by atoms with van der Waals surface area (Å²) in [6.45, 7) is 0. The molecular weight excluding hydrogens is 254 g/mol. The van der Waals surface area contributed by atoms with E-state index in [4.69, 9.17) is 5.11 Å². The molecule has 2 aromatic rings. The largest absolute Gasteiger partial charge is 0.478 e. The van der Waals surface area contributed by atoms with Gasteiger partial charge in [-0.15, -0.1) is 5.10 Å². The molecule has 1 aromatic carbocycles. The number of aromatic carboxylic acids is 1. The van der Waals surface area contributed by atoms with E-state index in [9.17, 15) is 4.79 Å². The van der Waals surface area contributed by atoms with Crippen LogP contribution in [0.1, 0.15) is 61.3 Å². The quantitative estimate of drug-likeness (QED) is 0.910. The Morgan fingerprint density at radius 2 is 1.85 bits per heavy atom. The van der Waals surface area contributed by atoms with E-state index in [-0.39, 0.29) is 0 Å². The number of carbonyl (C=O) groups is 1. The molecule has 0 atom stereocenters. The maximum absolute atomic E-state index is 11.1. The van der Waals surface area contributed by atoms with Gasteiger partial charge in [0.15, 0.2) is 0 Å². The Labute approximate surface area is 117 Å². The van der Waals surface area contributed by atoms with Crippen molar-refractivity contribution < 1.29 is 9.90 Å². The number of aromatic nitrogens is 3. The van der Waals surface area contributed by atoms with Crippen molar-refractivity contribution in [2.24, 2.45) is 0 Å². The van der Waals surface area contributed by atoms with Crippen LogP contribution in [-0.2, 0) is 0 Å². The van der Waals surface area contributed by atoms with E-state index in [1.807, 2.05) is 4.68 Å². The number of rotatable bonds is 2. The van der Waals surface area contributed by atoms with Gasteiger partial charge < -0.3 is 5.11 Å². The van der Waals surface area contributed by atoms with Gasteiger partial charge in [-0.05, 0) is 31.0 Å². The fraction of sp³-hybridized carbons (Fsp3) is 0.533. The SMILES string of the molecule is O=C(O)c1ccc2nnn(C3CCCCCCC3)c2c1. The zero-order valence-electron chi connectivity index (χ0n) is 11.5.